The largest absolute Gasteiger partial charge is 0.454 e. The monoisotopic (exact) mass is 291 g/mol. The lowest BCUT2D eigenvalue weighted by atomic mass is 9.98. The summed E-state index contributed by atoms with van der Waals surface area (Å²) in [5.74, 6) is 2.04. The lowest BCUT2D eigenvalue weighted by Gasteiger charge is -2.31. The molecule has 2 aliphatic rings. The molecule has 1 unspecified atom stereocenters. The quantitative estimate of drug-likeness (QED) is 0.776. The summed E-state index contributed by atoms with van der Waals surface area (Å²) in [7, 11) is 1.73. The molecule has 1 saturated heterocycles. The van der Waals surface area contributed by atoms with E-state index in [4.69, 9.17) is 14.2 Å². The Balaban J connectivity index is 1.60. The van der Waals surface area contributed by atoms with Gasteiger partial charge in [0.2, 0.25) is 6.79 Å². The van der Waals surface area contributed by atoms with Crippen molar-refractivity contribution in [3.05, 3.63) is 23.8 Å². The maximum atomic E-state index is 12.4. The van der Waals surface area contributed by atoms with E-state index >= 15 is 0 Å². The third-order valence-electron chi connectivity index (χ3n) is 4.07. The predicted molar refractivity (Wildman–Crippen MR) is 77.9 cm³/mol. The molecule has 0 aromatic heterocycles. The van der Waals surface area contributed by atoms with Gasteiger partial charge in [-0.3, -0.25) is 9.69 Å². The first-order valence-electron chi connectivity index (χ1n) is 7.40. The van der Waals surface area contributed by atoms with Gasteiger partial charge in [-0.1, -0.05) is 0 Å². The Morgan fingerprint density at radius 3 is 3.10 bits per heavy atom. The highest BCUT2D eigenvalue weighted by Crippen LogP contribution is 2.32. The van der Waals surface area contributed by atoms with Crippen molar-refractivity contribution in [1.82, 2.24) is 4.90 Å². The molecule has 114 valence electrons. The van der Waals surface area contributed by atoms with Crippen LogP contribution in [0.5, 0.6) is 11.5 Å². The fourth-order valence-corrected chi connectivity index (χ4v) is 3.03. The average molecular weight is 291 g/mol. The van der Waals surface area contributed by atoms with Crippen molar-refractivity contribution < 1.29 is 19.0 Å². The Bertz CT molecular complexity index is 515. The van der Waals surface area contributed by atoms with E-state index < -0.39 is 0 Å². The normalized spacial score (nSPS) is 21.5. The van der Waals surface area contributed by atoms with Crippen molar-refractivity contribution in [1.29, 1.82) is 0 Å². The van der Waals surface area contributed by atoms with Gasteiger partial charge in [0.25, 0.3) is 0 Å². The van der Waals surface area contributed by atoms with E-state index in [1.807, 2.05) is 6.07 Å². The van der Waals surface area contributed by atoms with Crippen molar-refractivity contribution in [2.75, 3.05) is 40.1 Å². The van der Waals surface area contributed by atoms with E-state index in [1.165, 1.54) is 6.42 Å². The SMILES string of the molecule is COCC1CCCN(CC(=O)c2ccc3c(c2)OCO3)C1. The van der Waals surface area contributed by atoms with Gasteiger partial charge in [-0.05, 0) is 43.5 Å². The molecular formula is C16H21NO4. The molecule has 21 heavy (non-hydrogen) atoms. The molecule has 1 aromatic rings. The van der Waals surface area contributed by atoms with Crippen LogP contribution < -0.4 is 9.47 Å². The molecule has 0 spiro atoms. The van der Waals surface area contributed by atoms with Gasteiger partial charge in [-0.2, -0.15) is 0 Å². The minimum absolute atomic E-state index is 0.131. The molecular weight excluding hydrogens is 270 g/mol. The number of nitrogens with zero attached hydrogens (tertiary/aromatic N) is 1. The first kappa shape index (κ1) is 14.4. The molecule has 0 saturated carbocycles. The Labute approximate surface area is 124 Å². The van der Waals surface area contributed by atoms with Gasteiger partial charge in [-0.15, -0.1) is 0 Å². The highest BCUT2D eigenvalue weighted by atomic mass is 16.7. The number of methoxy groups -OCH3 is 1. The molecule has 3 rings (SSSR count). The van der Waals surface area contributed by atoms with Crippen LogP contribution in [0.25, 0.3) is 0 Å². The number of hydrogen-bond acceptors (Lipinski definition) is 5. The molecule has 1 atom stereocenters. The molecule has 0 radical (unpaired) electrons. The number of carbonyl (C=O) groups excluding carboxylic acids is 1. The van der Waals surface area contributed by atoms with Gasteiger partial charge in [0.1, 0.15) is 0 Å². The fraction of sp³-hybridized carbons (Fsp3) is 0.562. The molecule has 5 heteroatoms. The zero-order valence-electron chi connectivity index (χ0n) is 12.3. The second-order valence-electron chi connectivity index (χ2n) is 5.69. The lowest BCUT2D eigenvalue weighted by molar-refractivity contribution is 0.0757. The second-order valence-corrected chi connectivity index (χ2v) is 5.69. The van der Waals surface area contributed by atoms with Crippen LogP contribution in [0.2, 0.25) is 0 Å². The number of ether oxygens (including phenoxy) is 3. The molecule has 0 amide bonds. The van der Waals surface area contributed by atoms with E-state index in [1.54, 1.807) is 19.2 Å². The standard InChI is InChI=1S/C16H21NO4/c1-19-10-12-3-2-6-17(8-12)9-14(18)13-4-5-15-16(7-13)21-11-20-15/h4-5,7,12H,2-3,6,8-11H2,1H3. The second kappa shape index (κ2) is 6.45. The predicted octanol–water partition coefficient (Wildman–Crippen LogP) is 1.96. The number of carbonyl (C=O) groups is 1. The first-order chi connectivity index (χ1) is 10.3. The summed E-state index contributed by atoms with van der Waals surface area (Å²) in [6, 6.07) is 5.40. The third kappa shape index (κ3) is 3.36. The zero-order chi connectivity index (χ0) is 14.7. The van der Waals surface area contributed by atoms with Crippen LogP contribution >= 0.6 is 0 Å². The molecule has 1 aromatic carbocycles. The molecule has 2 heterocycles. The van der Waals surface area contributed by atoms with Crippen molar-refractivity contribution in [2.24, 2.45) is 5.92 Å². The van der Waals surface area contributed by atoms with Gasteiger partial charge in [0.05, 0.1) is 13.2 Å². The highest BCUT2D eigenvalue weighted by molar-refractivity contribution is 5.98. The summed E-state index contributed by atoms with van der Waals surface area (Å²) in [5.41, 5.74) is 0.688. The van der Waals surface area contributed by atoms with Gasteiger partial charge < -0.3 is 14.2 Å². The van der Waals surface area contributed by atoms with E-state index in [0.29, 0.717) is 29.5 Å². The number of fused-ring (bicyclic) bond motifs is 1. The number of likely N-dealkylation sites (tertiary alicyclic amines) is 1. The van der Waals surface area contributed by atoms with Crippen LogP contribution in [0, 0.1) is 5.92 Å². The topological polar surface area (TPSA) is 48.0 Å². The van der Waals surface area contributed by atoms with Crippen LogP contribution in [0.15, 0.2) is 18.2 Å². The van der Waals surface area contributed by atoms with E-state index in [-0.39, 0.29) is 12.6 Å². The van der Waals surface area contributed by atoms with Crippen LogP contribution in [-0.4, -0.2) is 50.8 Å². The van der Waals surface area contributed by atoms with Crippen molar-refractivity contribution in [3.8, 4) is 11.5 Å². The zero-order valence-corrected chi connectivity index (χ0v) is 12.3. The van der Waals surface area contributed by atoms with Crippen LogP contribution in [-0.2, 0) is 4.74 Å². The minimum Gasteiger partial charge on any atom is -0.454 e. The number of benzene rings is 1. The Kier molecular flexibility index (Phi) is 4.41. The van der Waals surface area contributed by atoms with Gasteiger partial charge >= 0.3 is 0 Å². The summed E-state index contributed by atoms with van der Waals surface area (Å²) >= 11 is 0. The molecule has 1 fully saturated rings. The molecule has 0 N–H and O–H groups in total. The van der Waals surface area contributed by atoms with Crippen molar-refractivity contribution >= 4 is 5.78 Å². The van der Waals surface area contributed by atoms with Crippen molar-refractivity contribution in [2.45, 2.75) is 12.8 Å². The van der Waals surface area contributed by atoms with E-state index in [2.05, 4.69) is 4.90 Å². The van der Waals surface area contributed by atoms with E-state index in [0.717, 1.165) is 26.1 Å². The van der Waals surface area contributed by atoms with Gasteiger partial charge in [0.15, 0.2) is 17.3 Å². The Morgan fingerprint density at radius 1 is 1.38 bits per heavy atom. The minimum atomic E-state index is 0.131. The summed E-state index contributed by atoms with van der Waals surface area (Å²) < 4.78 is 15.8. The maximum Gasteiger partial charge on any atom is 0.231 e. The fourth-order valence-electron chi connectivity index (χ4n) is 3.03. The summed E-state index contributed by atoms with van der Waals surface area (Å²) in [4.78, 5) is 14.6. The first-order valence-corrected chi connectivity index (χ1v) is 7.40. The number of Topliss-reactive ketones (excluding diaryl/α,β-unsaturated/α-hetero) is 1. The van der Waals surface area contributed by atoms with Gasteiger partial charge in [-0.25, -0.2) is 0 Å². The molecule has 0 aliphatic carbocycles. The summed E-state index contributed by atoms with van der Waals surface area (Å²) in [6.07, 6.45) is 2.31. The summed E-state index contributed by atoms with van der Waals surface area (Å²) in [5, 5.41) is 0. The molecule has 2 aliphatic heterocycles. The molecule has 5 nitrogen and oxygen atoms in total. The maximum absolute atomic E-state index is 12.4. The number of rotatable bonds is 5. The number of hydrogen-bond donors (Lipinski definition) is 0. The lowest BCUT2D eigenvalue weighted by Crippen LogP contribution is -2.40. The third-order valence-corrected chi connectivity index (χ3v) is 4.07. The van der Waals surface area contributed by atoms with E-state index in [9.17, 15) is 4.79 Å². The number of piperidine rings is 1. The van der Waals surface area contributed by atoms with Crippen LogP contribution in [0.3, 0.4) is 0 Å². The van der Waals surface area contributed by atoms with Gasteiger partial charge in [0, 0.05) is 19.2 Å². The Hall–Kier alpha value is -1.59. The number of ketones is 1. The summed E-state index contributed by atoms with van der Waals surface area (Å²) in [6.45, 7) is 3.38. The smallest absolute Gasteiger partial charge is 0.231 e. The average Bonchev–Trinajstić information content (AvgIpc) is 2.95. The highest BCUT2D eigenvalue weighted by Gasteiger charge is 2.23. The Morgan fingerprint density at radius 2 is 2.24 bits per heavy atom. The van der Waals surface area contributed by atoms with Crippen LogP contribution in [0.4, 0.5) is 0 Å². The van der Waals surface area contributed by atoms with Crippen molar-refractivity contribution in [3.63, 3.8) is 0 Å². The molecule has 0 bridgehead atoms. The van der Waals surface area contributed by atoms with Crippen LogP contribution in [0.1, 0.15) is 23.2 Å².